The zero-order chi connectivity index (χ0) is 11.5. The van der Waals surface area contributed by atoms with Gasteiger partial charge >= 0.3 is 5.97 Å². The summed E-state index contributed by atoms with van der Waals surface area (Å²) in [6.45, 7) is -0.435. The minimum absolute atomic E-state index is 0.349. The highest BCUT2D eigenvalue weighted by Crippen LogP contribution is 2.27. The van der Waals surface area contributed by atoms with E-state index in [1.165, 1.54) is 12.1 Å². The highest BCUT2D eigenvalue weighted by Gasteiger charge is 2.07. The molecule has 0 fully saturated rings. The second-order valence-electron chi connectivity index (χ2n) is 3.27. The number of halogens is 1. The number of carboxylic acid groups (broad SMARTS) is 1. The molecule has 0 aliphatic carbocycles. The number of hydrogen-bond donors (Lipinski definition) is 1. The normalized spacial score (nSPS) is 10.3. The summed E-state index contributed by atoms with van der Waals surface area (Å²) in [6.07, 6.45) is 0. The summed E-state index contributed by atoms with van der Waals surface area (Å²) < 4.78 is 18.5. The van der Waals surface area contributed by atoms with Crippen molar-refractivity contribution >= 4 is 16.7 Å². The first-order chi connectivity index (χ1) is 7.68. The first-order valence-corrected chi connectivity index (χ1v) is 4.70. The van der Waals surface area contributed by atoms with E-state index in [0.29, 0.717) is 16.5 Å². The standard InChI is InChI=1S/C12H9FO3/c13-10-5-6-11(16-7-12(14)15)9-4-2-1-3-8(9)10/h1-6H,7H2,(H,14,15). The van der Waals surface area contributed by atoms with Crippen molar-refractivity contribution in [3.05, 3.63) is 42.2 Å². The lowest BCUT2D eigenvalue weighted by Crippen LogP contribution is -2.09. The number of aliphatic carboxylic acids is 1. The molecule has 16 heavy (non-hydrogen) atoms. The predicted octanol–water partition coefficient (Wildman–Crippen LogP) is 2.44. The maximum atomic E-state index is 13.4. The molecule has 0 heterocycles. The van der Waals surface area contributed by atoms with E-state index < -0.39 is 12.6 Å². The molecule has 0 saturated heterocycles. The third-order valence-electron chi connectivity index (χ3n) is 2.18. The fourth-order valence-electron chi connectivity index (χ4n) is 1.50. The van der Waals surface area contributed by atoms with Crippen LogP contribution in [-0.4, -0.2) is 17.7 Å². The van der Waals surface area contributed by atoms with Gasteiger partial charge in [0.15, 0.2) is 6.61 Å². The first kappa shape index (κ1) is 10.4. The summed E-state index contributed by atoms with van der Waals surface area (Å²) in [4.78, 5) is 10.4. The summed E-state index contributed by atoms with van der Waals surface area (Å²) in [5.74, 6) is -1.04. The van der Waals surface area contributed by atoms with Crippen LogP contribution in [0.15, 0.2) is 36.4 Å². The quantitative estimate of drug-likeness (QED) is 0.864. The third kappa shape index (κ3) is 1.95. The van der Waals surface area contributed by atoms with Crippen LogP contribution in [0.4, 0.5) is 4.39 Å². The maximum Gasteiger partial charge on any atom is 0.341 e. The second-order valence-corrected chi connectivity index (χ2v) is 3.27. The van der Waals surface area contributed by atoms with E-state index in [1.54, 1.807) is 24.3 Å². The van der Waals surface area contributed by atoms with Crippen LogP contribution in [0.25, 0.3) is 10.8 Å². The summed E-state index contributed by atoms with van der Waals surface area (Å²) >= 11 is 0. The van der Waals surface area contributed by atoms with E-state index in [0.717, 1.165) is 0 Å². The van der Waals surface area contributed by atoms with Gasteiger partial charge in [0, 0.05) is 10.8 Å². The van der Waals surface area contributed by atoms with Gasteiger partial charge in [-0.3, -0.25) is 0 Å². The zero-order valence-corrected chi connectivity index (χ0v) is 8.31. The molecule has 2 rings (SSSR count). The second kappa shape index (κ2) is 4.18. The van der Waals surface area contributed by atoms with Gasteiger partial charge in [-0.15, -0.1) is 0 Å². The fraction of sp³-hybridized carbons (Fsp3) is 0.0833. The minimum Gasteiger partial charge on any atom is -0.481 e. The Labute approximate surface area is 91.1 Å². The molecule has 82 valence electrons. The molecule has 4 heteroatoms. The maximum absolute atomic E-state index is 13.4. The number of carboxylic acids is 1. The summed E-state index contributed by atoms with van der Waals surface area (Å²) in [7, 11) is 0. The lowest BCUT2D eigenvalue weighted by molar-refractivity contribution is -0.139. The van der Waals surface area contributed by atoms with Gasteiger partial charge in [0.05, 0.1) is 0 Å². The van der Waals surface area contributed by atoms with Gasteiger partial charge < -0.3 is 9.84 Å². The average molecular weight is 220 g/mol. The molecule has 2 aromatic rings. The van der Waals surface area contributed by atoms with Crippen LogP contribution in [0.1, 0.15) is 0 Å². The van der Waals surface area contributed by atoms with E-state index in [-0.39, 0.29) is 5.82 Å². The SMILES string of the molecule is O=C(O)COc1ccc(F)c2ccccc12. The lowest BCUT2D eigenvalue weighted by Gasteiger charge is -2.07. The number of rotatable bonds is 3. The molecule has 3 nitrogen and oxygen atoms in total. The molecular formula is C12H9FO3. The Morgan fingerprint density at radius 2 is 1.88 bits per heavy atom. The van der Waals surface area contributed by atoms with Crippen LogP contribution in [0.5, 0.6) is 5.75 Å². The number of fused-ring (bicyclic) bond motifs is 1. The van der Waals surface area contributed by atoms with E-state index in [2.05, 4.69) is 0 Å². The van der Waals surface area contributed by atoms with E-state index in [9.17, 15) is 9.18 Å². The Hall–Kier alpha value is -2.10. The van der Waals surface area contributed by atoms with Crippen LogP contribution < -0.4 is 4.74 Å². The van der Waals surface area contributed by atoms with Crippen molar-refractivity contribution in [2.75, 3.05) is 6.61 Å². The Morgan fingerprint density at radius 3 is 2.56 bits per heavy atom. The Bertz CT molecular complexity index is 537. The number of hydrogen-bond acceptors (Lipinski definition) is 2. The van der Waals surface area contributed by atoms with Crippen molar-refractivity contribution in [3.63, 3.8) is 0 Å². The van der Waals surface area contributed by atoms with Gasteiger partial charge in [-0.05, 0) is 12.1 Å². The van der Waals surface area contributed by atoms with Crippen LogP contribution in [0.2, 0.25) is 0 Å². The molecule has 0 unspecified atom stereocenters. The Morgan fingerprint density at radius 1 is 1.19 bits per heavy atom. The summed E-state index contributed by atoms with van der Waals surface area (Å²) in [6, 6.07) is 9.47. The molecule has 0 bridgehead atoms. The molecule has 0 spiro atoms. The molecule has 0 aliphatic heterocycles. The van der Waals surface area contributed by atoms with E-state index in [1.807, 2.05) is 0 Å². The Kier molecular flexibility index (Phi) is 2.72. The first-order valence-electron chi connectivity index (χ1n) is 4.70. The van der Waals surface area contributed by atoms with Gasteiger partial charge in [-0.25, -0.2) is 9.18 Å². The minimum atomic E-state index is -1.06. The average Bonchev–Trinajstić information content (AvgIpc) is 2.28. The topological polar surface area (TPSA) is 46.5 Å². The van der Waals surface area contributed by atoms with Crippen molar-refractivity contribution in [1.82, 2.24) is 0 Å². The number of benzene rings is 2. The van der Waals surface area contributed by atoms with Crippen molar-refractivity contribution in [1.29, 1.82) is 0 Å². The lowest BCUT2D eigenvalue weighted by atomic mass is 10.1. The summed E-state index contributed by atoms with van der Waals surface area (Å²) in [5, 5.41) is 9.50. The van der Waals surface area contributed by atoms with Gasteiger partial charge in [-0.1, -0.05) is 24.3 Å². The van der Waals surface area contributed by atoms with E-state index >= 15 is 0 Å². The van der Waals surface area contributed by atoms with Crippen molar-refractivity contribution in [2.24, 2.45) is 0 Å². The molecule has 2 aromatic carbocycles. The van der Waals surface area contributed by atoms with Crippen molar-refractivity contribution < 1.29 is 19.0 Å². The molecule has 0 aliphatic rings. The largest absolute Gasteiger partial charge is 0.481 e. The molecular weight excluding hydrogens is 211 g/mol. The van der Waals surface area contributed by atoms with Crippen LogP contribution in [0, 0.1) is 5.82 Å². The van der Waals surface area contributed by atoms with Crippen LogP contribution >= 0.6 is 0 Å². The number of carbonyl (C=O) groups is 1. The third-order valence-corrected chi connectivity index (χ3v) is 2.18. The smallest absolute Gasteiger partial charge is 0.341 e. The molecule has 0 aromatic heterocycles. The molecule has 1 N–H and O–H groups in total. The zero-order valence-electron chi connectivity index (χ0n) is 8.31. The van der Waals surface area contributed by atoms with Crippen LogP contribution in [0.3, 0.4) is 0 Å². The van der Waals surface area contributed by atoms with Gasteiger partial charge in [-0.2, -0.15) is 0 Å². The predicted molar refractivity (Wildman–Crippen MR) is 57.0 cm³/mol. The van der Waals surface area contributed by atoms with E-state index in [4.69, 9.17) is 9.84 Å². The summed E-state index contributed by atoms with van der Waals surface area (Å²) in [5.41, 5.74) is 0. The van der Waals surface area contributed by atoms with Crippen LogP contribution in [-0.2, 0) is 4.79 Å². The number of ether oxygens (including phenoxy) is 1. The highest BCUT2D eigenvalue weighted by molar-refractivity contribution is 5.89. The fourth-order valence-corrected chi connectivity index (χ4v) is 1.50. The van der Waals surface area contributed by atoms with Crippen molar-refractivity contribution in [3.8, 4) is 5.75 Å². The molecule has 0 amide bonds. The Balaban J connectivity index is 2.46. The van der Waals surface area contributed by atoms with Crippen molar-refractivity contribution in [2.45, 2.75) is 0 Å². The van der Waals surface area contributed by atoms with Gasteiger partial charge in [0.1, 0.15) is 11.6 Å². The molecule has 0 atom stereocenters. The van der Waals surface area contributed by atoms with Gasteiger partial charge in [0.25, 0.3) is 0 Å². The monoisotopic (exact) mass is 220 g/mol. The highest BCUT2D eigenvalue weighted by atomic mass is 19.1. The molecule has 0 saturated carbocycles. The van der Waals surface area contributed by atoms with Gasteiger partial charge in [0.2, 0.25) is 0 Å². The molecule has 0 radical (unpaired) electrons.